The minimum absolute atomic E-state index is 0.204. The van der Waals surface area contributed by atoms with Gasteiger partial charge in [0, 0.05) is 25.3 Å². The number of aromatic nitrogens is 1. The van der Waals surface area contributed by atoms with Crippen LogP contribution >= 0.6 is 0 Å². The fraction of sp³-hybridized carbons (Fsp3) is 0.333. The highest BCUT2D eigenvalue weighted by Crippen LogP contribution is 2.24. The summed E-state index contributed by atoms with van der Waals surface area (Å²) in [5, 5.41) is 12.4. The SMILES string of the molecule is Cc1ccc(NCC2CCN(c3ccc(F)cc3)C2)nc1C#N. The molecule has 4 nitrogen and oxygen atoms in total. The molecule has 2 heterocycles. The first-order valence-electron chi connectivity index (χ1n) is 7.78. The van der Waals surface area contributed by atoms with Gasteiger partial charge in [0.05, 0.1) is 0 Å². The number of nitrogens with one attached hydrogen (secondary N) is 1. The Morgan fingerprint density at radius 1 is 1.30 bits per heavy atom. The van der Waals surface area contributed by atoms with Crippen LogP contribution < -0.4 is 10.2 Å². The molecule has 1 aromatic heterocycles. The summed E-state index contributed by atoms with van der Waals surface area (Å²) in [5.41, 5.74) is 2.42. The Balaban J connectivity index is 1.56. The zero-order valence-corrected chi connectivity index (χ0v) is 13.1. The molecule has 0 saturated carbocycles. The molecule has 23 heavy (non-hydrogen) atoms. The van der Waals surface area contributed by atoms with Gasteiger partial charge in [-0.3, -0.25) is 0 Å². The van der Waals surface area contributed by atoms with E-state index in [1.165, 1.54) is 12.1 Å². The van der Waals surface area contributed by atoms with Gasteiger partial charge in [-0.2, -0.15) is 5.26 Å². The monoisotopic (exact) mass is 310 g/mol. The van der Waals surface area contributed by atoms with Crippen LogP contribution in [0.25, 0.3) is 0 Å². The van der Waals surface area contributed by atoms with Gasteiger partial charge in [-0.1, -0.05) is 6.07 Å². The van der Waals surface area contributed by atoms with Gasteiger partial charge in [0.1, 0.15) is 23.4 Å². The maximum atomic E-state index is 13.0. The minimum atomic E-state index is -0.204. The number of pyridine rings is 1. The van der Waals surface area contributed by atoms with E-state index in [-0.39, 0.29) is 5.82 Å². The van der Waals surface area contributed by atoms with Gasteiger partial charge in [-0.25, -0.2) is 9.37 Å². The Morgan fingerprint density at radius 3 is 2.83 bits per heavy atom. The van der Waals surface area contributed by atoms with E-state index in [9.17, 15) is 4.39 Å². The lowest BCUT2D eigenvalue weighted by Crippen LogP contribution is -2.22. The topological polar surface area (TPSA) is 52.0 Å². The average molecular weight is 310 g/mol. The Bertz CT molecular complexity index is 721. The summed E-state index contributed by atoms with van der Waals surface area (Å²) in [4.78, 5) is 6.58. The number of nitrogens with zero attached hydrogens (tertiary/aromatic N) is 3. The number of hydrogen-bond acceptors (Lipinski definition) is 4. The zero-order chi connectivity index (χ0) is 16.2. The van der Waals surface area contributed by atoms with Crippen LogP contribution in [-0.4, -0.2) is 24.6 Å². The van der Waals surface area contributed by atoms with Crippen molar-refractivity contribution in [3.63, 3.8) is 0 Å². The van der Waals surface area contributed by atoms with Crippen LogP contribution in [0.5, 0.6) is 0 Å². The molecule has 0 bridgehead atoms. The number of nitriles is 1. The Labute approximate surface area is 135 Å². The Morgan fingerprint density at radius 2 is 2.09 bits per heavy atom. The van der Waals surface area contributed by atoms with E-state index in [0.29, 0.717) is 11.6 Å². The van der Waals surface area contributed by atoms with Gasteiger partial charge in [-0.15, -0.1) is 0 Å². The van der Waals surface area contributed by atoms with Gasteiger partial charge in [0.2, 0.25) is 0 Å². The molecule has 0 spiro atoms. The number of hydrogen-bond donors (Lipinski definition) is 1. The van der Waals surface area contributed by atoms with Crippen LogP contribution in [0.4, 0.5) is 15.9 Å². The van der Waals surface area contributed by atoms with Crippen LogP contribution in [0.3, 0.4) is 0 Å². The fourth-order valence-electron chi connectivity index (χ4n) is 2.87. The van der Waals surface area contributed by atoms with E-state index in [1.807, 2.05) is 31.2 Å². The van der Waals surface area contributed by atoms with Crippen molar-refractivity contribution in [2.24, 2.45) is 5.92 Å². The third-order valence-corrected chi connectivity index (χ3v) is 4.25. The molecule has 1 aliphatic rings. The van der Waals surface area contributed by atoms with E-state index in [1.54, 1.807) is 0 Å². The van der Waals surface area contributed by atoms with Crippen LogP contribution in [0.2, 0.25) is 0 Å². The van der Waals surface area contributed by atoms with Gasteiger partial charge >= 0.3 is 0 Å². The molecule has 1 saturated heterocycles. The number of rotatable bonds is 4. The summed E-state index contributed by atoms with van der Waals surface area (Å²) >= 11 is 0. The van der Waals surface area contributed by atoms with E-state index >= 15 is 0 Å². The molecule has 5 heteroatoms. The number of benzene rings is 1. The highest BCUT2D eigenvalue weighted by atomic mass is 19.1. The molecule has 1 N–H and O–H groups in total. The average Bonchev–Trinajstić information content (AvgIpc) is 3.04. The van der Waals surface area contributed by atoms with E-state index < -0.39 is 0 Å². The second-order valence-corrected chi connectivity index (χ2v) is 5.93. The molecule has 1 aromatic carbocycles. The van der Waals surface area contributed by atoms with Crippen molar-refractivity contribution in [1.29, 1.82) is 5.26 Å². The lowest BCUT2D eigenvalue weighted by molar-refractivity contribution is 0.620. The molecule has 0 aliphatic carbocycles. The summed E-state index contributed by atoms with van der Waals surface area (Å²) in [6.07, 6.45) is 1.08. The summed E-state index contributed by atoms with van der Waals surface area (Å²) < 4.78 is 13.0. The molecule has 118 valence electrons. The fourth-order valence-corrected chi connectivity index (χ4v) is 2.87. The van der Waals surface area contributed by atoms with Crippen LogP contribution in [-0.2, 0) is 0 Å². The Kier molecular flexibility index (Phi) is 4.42. The first-order valence-corrected chi connectivity index (χ1v) is 7.78. The van der Waals surface area contributed by atoms with Gasteiger partial charge in [0.15, 0.2) is 0 Å². The molecular formula is C18H19FN4. The highest BCUT2D eigenvalue weighted by Gasteiger charge is 2.22. The zero-order valence-electron chi connectivity index (χ0n) is 13.1. The van der Waals surface area contributed by atoms with Crippen molar-refractivity contribution < 1.29 is 4.39 Å². The maximum Gasteiger partial charge on any atom is 0.145 e. The van der Waals surface area contributed by atoms with Crippen molar-refractivity contribution in [3.8, 4) is 6.07 Å². The third-order valence-electron chi connectivity index (χ3n) is 4.25. The Hall–Kier alpha value is -2.61. The first-order chi connectivity index (χ1) is 11.2. The number of anilines is 2. The van der Waals surface area contributed by atoms with Crippen molar-refractivity contribution in [1.82, 2.24) is 4.98 Å². The number of halogens is 1. The van der Waals surface area contributed by atoms with E-state index in [2.05, 4.69) is 21.3 Å². The van der Waals surface area contributed by atoms with Crippen LogP contribution in [0.15, 0.2) is 36.4 Å². The van der Waals surface area contributed by atoms with Crippen molar-refractivity contribution >= 4 is 11.5 Å². The molecule has 1 aliphatic heterocycles. The smallest absolute Gasteiger partial charge is 0.145 e. The second-order valence-electron chi connectivity index (χ2n) is 5.93. The summed E-state index contributed by atoms with van der Waals surface area (Å²) in [5.74, 6) is 1.05. The lowest BCUT2D eigenvalue weighted by atomic mass is 10.1. The quantitative estimate of drug-likeness (QED) is 0.941. The standard InChI is InChI=1S/C18H19FN4/c1-13-2-7-18(22-17(13)10-20)21-11-14-8-9-23(12-14)16-5-3-15(19)4-6-16/h2-7,14H,8-9,11-12H2,1H3,(H,21,22). The molecule has 1 fully saturated rings. The molecule has 1 atom stereocenters. The van der Waals surface area contributed by atoms with Crippen molar-refractivity contribution in [2.75, 3.05) is 29.9 Å². The van der Waals surface area contributed by atoms with E-state index in [0.717, 1.165) is 43.1 Å². The predicted molar refractivity (Wildman–Crippen MR) is 88.9 cm³/mol. The maximum absolute atomic E-state index is 13.0. The highest BCUT2D eigenvalue weighted by molar-refractivity contribution is 5.47. The van der Waals surface area contributed by atoms with E-state index in [4.69, 9.17) is 5.26 Å². The number of aryl methyl sites for hydroxylation is 1. The molecular weight excluding hydrogens is 291 g/mol. The predicted octanol–water partition coefficient (Wildman–Crippen LogP) is 3.34. The van der Waals surface area contributed by atoms with Gasteiger partial charge in [-0.05, 0) is 55.2 Å². The van der Waals surface area contributed by atoms with Crippen molar-refractivity contribution in [3.05, 3.63) is 53.5 Å². The molecule has 0 amide bonds. The lowest BCUT2D eigenvalue weighted by Gasteiger charge is -2.19. The van der Waals surface area contributed by atoms with Crippen molar-refractivity contribution in [2.45, 2.75) is 13.3 Å². The van der Waals surface area contributed by atoms with Gasteiger partial charge < -0.3 is 10.2 Å². The van der Waals surface area contributed by atoms with Gasteiger partial charge in [0.25, 0.3) is 0 Å². The normalized spacial score (nSPS) is 17.1. The summed E-state index contributed by atoms with van der Waals surface area (Å²) in [7, 11) is 0. The molecule has 0 radical (unpaired) electrons. The molecule has 1 unspecified atom stereocenters. The first kappa shape index (κ1) is 15.3. The van der Waals surface area contributed by atoms with Crippen LogP contribution in [0.1, 0.15) is 17.7 Å². The van der Waals surface area contributed by atoms with Crippen LogP contribution in [0, 0.1) is 30.0 Å². The third kappa shape index (κ3) is 3.59. The summed E-state index contributed by atoms with van der Waals surface area (Å²) in [6.45, 7) is 4.61. The largest absolute Gasteiger partial charge is 0.371 e. The minimum Gasteiger partial charge on any atom is -0.371 e. The summed E-state index contributed by atoms with van der Waals surface area (Å²) in [6, 6.07) is 12.6. The molecule has 2 aromatic rings. The second kappa shape index (κ2) is 6.66. The molecule has 3 rings (SSSR count).